The lowest BCUT2D eigenvalue weighted by molar-refractivity contribution is 1.09. The van der Waals surface area contributed by atoms with Crippen LogP contribution < -0.4 is 4.90 Å². The van der Waals surface area contributed by atoms with Gasteiger partial charge >= 0.3 is 0 Å². The van der Waals surface area contributed by atoms with Crippen LogP contribution in [0, 0.1) is 0 Å². The second kappa shape index (κ2) is 8.41. The molecule has 0 saturated heterocycles. The summed E-state index contributed by atoms with van der Waals surface area (Å²) in [5, 5.41) is 6.47. The molecule has 5 aromatic carbocycles. The van der Waals surface area contributed by atoms with E-state index in [1.165, 1.54) is 0 Å². The van der Waals surface area contributed by atoms with Crippen molar-refractivity contribution in [2.24, 2.45) is 0 Å². The Kier molecular flexibility index (Phi) is 4.55. The predicted octanol–water partition coefficient (Wildman–Crippen LogP) is 9.00. The number of nitrogens with zero attached hydrogens (tertiary/aromatic N) is 5. The molecule has 0 atom stereocenters. The summed E-state index contributed by atoms with van der Waals surface area (Å²) in [6, 6.07) is 41.7. The molecule has 0 amide bonds. The molecule has 0 aliphatic carbocycles. The fourth-order valence-electron chi connectivity index (χ4n) is 6.20. The number of anilines is 3. The Morgan fingerprint density at radius 2 is 1.29 bits per heavy atom. The first-order valence-electron chi connectivity index (χ1n) is 13.7. The fourth-order valence-corrected chi connectivity index (χ4v) is 6.20. The zero-order chi connectivity index (χ0) is 26.9. The van der Waals surface area contributed by atoms with Crippen molar-refractivity contribution in [2.45, 2.75) is 0 Å². The Morgan fingerprint density at radius 3 is 2.22 bits per heavy atom. The SMILES string of the molecule is c1ccc(-c2nc(N3c4ccccc4-c4nccc5c4c3nc3ccccc35)nc3c2ccc2ccccc23)cc1. The van der Waals surface area contributed by atoms with Crippen molar-refractivity contribution in [1.82, 2.24) is 19.9 Å². The third kappa shape index (κ3) is 3.17. The molecular weight excluding hydrogens is 502 g/mol. The molecule has 4 heterocycles. The standard InChI is InChI=1S/C36H21N5/c1-2-11-23(12-3-1)32-28-19-18-22-10-4-5-13-24(22)33(28)40-36(39-32)41-30-17-9-7-15-27(30)34-31-26(20-21-37-34)25-14-6-8-16-29(25)38-35(31)41/h1-21H. The van der Waals surface area contributed by atoms with Gasteiger partial charge < -0.3 is 0 Å². The van der Waals surface area contributed by atoms with E-state index in [2.05, 4.69) is 108 Å². The number of para-hydroxylation sites is 2. The van der Waals surface area contributed by atoms with Gasteiger partial charge in [-0.1, -0.05) is 97.1 Å². The van der Waals surface area contributed by atoms with Crippen LogP contribution >= 0.6 is 0 Å². The van der Waals surface area contributed by atoms with Gasteiger partial charge in [0.1, 0.15) is 0 Å². The molecular formula is C36H21N5. The van der Waals surface area contributed by atoms with E-state index in [0.29, 0.717) is 5.95 Å². The van der Waals surface area contributed by atoms with Crippen LogP contribution in [0.3, 0.4) is 0 Å². The van der Waals surface area contributed by atoms with Crippen LogP contribution in [0.15, 0.2) is 128 Å². The van der Waals surface area contributed by atoms with E-state index in [-0.39, 0.29) is 0 Å². The first kappa shape index (κ1) is 22.2. The summed E-state index contributed by atoms with van der Waals surface area (Å²) in [6.45, 7) is 0. The highest BCUT2D eigenvalue weighted by Gasteiger charge is 2.31. The van der Waals surface area contributed by atoms with Crippen LogP contribution in [-0.2, 0) is 0 Å². The maximum Gasteiger partial charge on any atom is 0.237 e. The molecule has 8 aromatic rings. The lowest BCUT2D eigenvalue weighted by Gasteiger charge is -2.31. The molecule has 9 rings (SSSR count). The molecule has 0 radical (unpaired) electrons. The summed E-state index contributed by atoms with van der Waals surface area (Å²) < 4.78 is 0. The average Bonchev–Trinajstić information content (AvgIpc) is 3.05. The Balaban J connectivity index is 1.45. The lowest BCUT2D eigenvalue weighted by atomic mass is 9.96. The van der Waals surface area contributed by atoms with Gasteiger partial charge in [0.25, 0.3) is 0 Å². The molecule has 41 heavy (non-hydrogen) atoms. The number of aromatic nitrogens is 4. The van der Waals surface area contributed by atoms with Crippen molar-refractivity contribution in [2.75, 3.05) is 4.90 Å². The average molecular weight is 524 g/mol. The van der Waals surface area contributed by atoms with Crippen molar-refractivity contribution in [3.05, 3.63) is 128 Å². The topological polar surface area (TPSA) is 54.8 Å². The molecule has 0 N–H and O–H groups in total. The van der Waals surface area contributed by atoms with E-state index in [4.69, 9.17) is 19.9 Å². The molecule has 0 fully saturated rings. The van der Waals surface area contributed by atoms with Gasteiger partial charge in [0.2, 0.25) is 5.95 Å². The molecule has 3 aromatic heterocycles. The summed E-state index contributed by atoms with van der Waals surface area (Å²) in [6.07, 6.45) is 1.90. The molecule has 0 saturated carbocycles. The summed E-state index contributed by atoms with van der Waals surface area (Å²) in [5.74, 6) is 1.37. The number of hydrogen-bond acceptors (Lipinski definition) is 5. The highest BCUT2D eigenvalue weighted by atomic mass is 15.3. The summed E-state index contributed by atoms with van der Waals surface area (Å²) >= 11 is 0. The van der Waals surface area contributed by atoms with E-state index in [0.717, 1.165) is 77.4 Å². The van der Waals surface area contributed by atoms with Crippen molar-refractivity contribution in [3.8, 4) is 22.5 Å². The second-order valence-corrected chi connectivity index (χ2v) is 10.3. The van der Waals surface area contributed by atoms with Gasteiger partial charge in [-0.05, 0) is 35.0 Å². The first-order valence-corrected chi connectivity index (χ1v) is 13.7. The number of fused-ring (bicyclic) bond motifs is 7. The van der Waals surface area contributed by atoms with Crippen LogP contribution in [0.5, 0.6) is 0 Å². The number of rotatable bonds is 2. The normalized spacial score (nSPS) is 12.3. The molecule has 0 bridgehead atoms. The van der Waals surface area contributed by atoms with E-state index < -0.39 is 0 Å². The third-order valence-electron chi connectivity index (χ3n) is 8.03. The molecule has 5 heteroatoms. The van der Waals surface area contributed by atoms with Gasteiger partial charge in [-0.2, -0.15) is 0 Å². The maximum absolute atomic E-state index is 5.31. The van der Waals surface area contributed by atoms with Gasteiger partial charge in [-0.15, -0.1) is 0 Å². The summed E-state index contributed by atoms with van der Waals surface area (Å²) in [7, 11) is 0. The Morgan fingerprint density at radius 1 is 0.512 bits per heavy atom. The predicted molar refractivity (Wildman–Crippen MR) is 167 cm³/mol. The number of hydrogen-bond donors (Lipinski definition) is 0. The van der Waals surface area contributed by atoms with Crippen molar-refractivity contribution in [3.63, 3.8) is 0 Å². The van der Waals surface area contributed by atoms with Crippen LogP contribution in [0.2, 0.25) is 0 Å². The monoisotopic (exact) mass is 523 g/mol. The highest BCUT2D eigenvalue weighted by Crippen LogP contribution is 2.50. The quantitative estimate of drug-likeness (QED) is 0.212. The van der Waals surface area contributed by atoms with E-state index in [1.807, 2.05) is 24.4 Å². The second-order valence-electron chi connectivity index (χ2n) is 10.3. The summed E-state index contributed by atoms with van der Waals surface area (Å²) in [4.78, 5) is 22.8. The molecule has 1 aliphatic heterocycles. The van der Waals surface area contributed by atoms with Crippen LogP contribution in [-0.4, -0.2) is 19.9 Å². The van der Waals surface area contributed by atoms with Gasteiger partial charge in [-0.25, -0.2) is 15.0 Å². The molecule has 0 unspecified atom stereocenters. The molecule has 190 valence electrons. The molecule has 5 nitrogen and oxygen atoms in total. The minimum Gasteiger partial charge on any atom is -0.262 e. The Labute approximate surface area is 235 Å². The van der Waals surface area contributed by atoms with Crippen molar-refractivity contribution in [1.29, 1.82) is 0 Å². The Bertz CT molecular complexity index is 2330. The smallest absolute Gasteiger partial charge is 0.237 e. The maximum atomic E-state index is 5.31. The zero-order valence-electron chi connectivity index (χ0n) is 21.9. The van der Waals surface area contributed by atoms with E-state index >= 15 is 0 Å². The third-order valence-corrected chi connectivity index (χ3v) is 8.03. The largest absolute Gasteiger partial charge is 0.262 e. The molecule has 0 spiro atoms. The van der Waals surface area contributed by atoms with Gasteiger partial charge in [0, 0.05) is 33.5 Å². The highest BCUT2D eigenvalue weighted by molar-refractivity contribution is 6.19. The lowest BCUT2D eigenvalue weighted by Crippen LogP contribution is -2.20. The molecule has 1 aliphatic rings. The zero-order valence-corrected chi connectivity index (χ0v) is 21.9. The number of pyridine rings is 2. The van der Waals surface area contributed by atoms with Crippen molar-refractivity contribution >= 4 is 60.8 Å². The first-order chi connectivity index (χ1) is 20.3. The van der Waals surface area contributed by atoms with Gasteiger partial charge in [-0.3, -0.25) is 9.88 Å². The Hall–Kier alpha value is -5.68. The summed E-state index contributed by atoms with van der Waals surface area (Å²) in [5.41, 5.74) is 6.69. The van der Waals surface area contributed by atoms with Gasteiger partial charge in [0.15, 0.2) is 5.82 Å². The van der Waals surface area contributed by atoms with Gasteiger partial charge in [0.05, 0.1) is 33.5 Å². The van der Waals surface area contributed by atoms with Crippen molar-refractivity contribution < 1.29 is 0 Å². The van der Waals surface area contributed by atoms with E-state index in [9.17, 15) is 0 Å². The van der Waals surface area contributed by atoms with Crippen LogP contribution in [0.25, 0.3) is 65.9 Å². The van der Waals surface area contributed by atoms with Crippen LogP contribution in [0.1, 0.15) is 0 Å². The minimum absolute atomic E-state index is 0.582. The van der Waals surface area contributed by atoms with E-state index in [1.54, 1.807) is 0 Å². The number of benzene rings is 5. The minimum atomic E-state index is 0.582. The fraction of sp³-hybridized carbons (Fsp3) is 0. The van der Waals surface area contributed by atoms with Crippen LogP contribution in [0.4, 0.5) is 17.5 Å².